The SMILES string of the molecule is O=C(NC1COC1)c1ccn(-c2ccccc2)n1. The van der Waals surface area contributed by atoms with Crippen molar-refractivity contribution in [2.75, 3.05) is 13.2 Å². The van der Waals surface area contributed by atoms with E-state index in [2.05, 4.69) is 10.4 Å². The van der Waals surface area contributed by atoms with E-state index in [1.54, 1.807) is 16.9 Å². The largest absolute Gasteiger partial charge is 0.377 e. The smallest absolute Gasteiger partial charge is 0.272 e. The van der Waals surface area contributed by atoms with Crippen molar-refractivity contribution in [3.63, 3.8) is 0 Å². The van der Waals surface area contributed by atoms with Crippen molar-refractivity contribution in [3.8, 4) is 5.69 Å². The number of nitrogens with one attached hydrogen (secondary N) is 1. The molecule has 1 aromatic heterocycles. The molecule has 0 atom stereocenters. The lowest BCUT2D eigenvalue weighted by Gasteiger charge is -2.26. The lowest BCUT2D eigenvalue weighted by Crippen LogP contribution is -2.48. The van der Waals surface area contributed by atoms with Gasteiger partial charge in [0.15, 0.2) is 5.69 Å². The maximum Gasteiger partial charge on any atom is 0.272 e. The number of hydrogen-bond acceptors (Lipinski definition) is 3. The molecular weight excluding hydrogens is 230 g/mol. The van der Waals surface area contributed by atoms with E-state index < -0.39 is 0 Å². The van der Waals surface area contributed by atoms with Crippen LogP contribution in [0, 0.1) is 0 Å². The molecule has 1 saturated heterocycles. The average molecular weight is 243 g/mol. The topological polar surface area (TPSA) is 56.1 Å². The summed E-state index contributed by atoms with van der Waals surface area (Å²) in [7, 11) is 0. The molecule has 0 saturated carbocycles. The van der Waals surface area contributed by atoms with E-state index in [-0.39, 0.29) is 11.9 Å². The molecule has 2 aromatic rings. The molecule has 3 rings (SSSR count). The Kier molecular flexibility index (Phi) is 2.82. The van der Waals surface area contributed by atoms with Crippen LogP contribution in [0.5, 0.6) is 0 Å². The van der Waals surface area contributed by atoms with Crippen LogP contribution in [0.3, 0.4) is 0 Å². The quantitative estimate of drug-likeness (QED) is 0.875. The van der Waals surface area contributed by atoms with Gasteiger partial charge in [-0.05, 0) is 18.2 Å². The molecule has 1 aromatic carbocycles. The first-order chi connectivity index (χ1) is 8.83. The number of benzene rings is 1. The van der Waals surface area contributed by atoms with Crippen LogP contribution in [-0.2, 0) is 4.74 Å². The van der Waals surface area contributed by atoms with Gasteiger partial charge in [-0.25, -0.2) is 4.68 Å². The summed E-state index contributed by atoms with van der Waals surface area (Å²) in [5.41, 5.74) is 1.36. The second kappa shape index (κ2) is 4.62. The fraction of sp³-hybridized carbons (Fsp3) is 0.231. The Morgan fingerprint density at radius 2 is 2.06 bits per heavy atom. The van der Waals surface area contributed by atoms with E-state index >= 15 is 0 Å². The van der Waals surface area contributed by atoms with Crippen molar-refractivity contribution in [1.82, 2.24) is 15.1 Å². The van der Waals surface area contributed by atoms with Gasteiger partial charge in [0.2, 0.25) is 0 Å². The maximum absolute atomic E-state index is 11.9. The van der Waals surface area contributed by atoms with Gasteiger partial charge < -0.3 is 10.1 Å². The van der Waals surface area contributed by atoms with E-state index in [0.717, 1.165) is 5.69 Å². The van der Waals surface area contributed by atoms with E-state index in [1.807, 2.05) is 30.3 Å². The number of hydrogen-bond donors (Lipinski definition) is 1. The van der Waals surface area contributed by atoms with Gasteiger partial charge in [-0.3, -0.25) is 4.79 Å². The monoisotopic (exact) mass is 243 g/mol. The number of ether oxygens (including phenoxy) is 1. The van der Waals surface area contributed by atoms with Crippen molar-refractivity contribution >= 4 is 5.91 Å². The van der Waals surface area contributed by atoms with Crippen LogP contribution in [-0.4, -0.2) is 34.9 Å². The van der Waals surface area contributed by atoms with Crippen LogP contribution in [0.1, 0.15) is 10.5 Å². The van der Waals surface area contributed by atoms with Crippen molar-refractivity contribution in [1.29, 1.82) is 0 Å². The summed E-state index contributed by atoms with van der Waals surface area (Å²) >= 11 is 0. The first-order valence-corrected chi connectivity index (χ1v) is 5.82. The number of amides is 1. The summed E-state index contributed by atoms with van der Waals surface area (Å²) < 4.78 is 6.69. The Hall–Kier alpha value is -2.14. The number of aromatic nitrogens is 2. The molecule has 5 heteroatoms. The van der Waals surface area contributed by atoms with Crippen LogP contribution in [0.15, 0.2) is 42.6 Å². The molecule has 18 heavy (non-hydrogen) atoms. The summed E-state index contributed by atoms with van der Waals surface area (Å²) in [5.74, 6) is -0.155. The van der Waals surface area contributed by atoms with Crippen LogP contribution in [0.4, 0.5) is 0 Å². The van der Waals surface area contributed by atoms with Gasteiger partial charge in [-0.15, -0.1) is 0 Å². The van der Waals surface area contributed by atoms with Crippen LogP contribution in [0.25, 0.3) is 5.69 Å². The third-order valence-electron chi connectivity index (χ3n) is 2.82. The predicted molar refractivity (Wildman–Crippen MR) is 65.6 cm³/mol. The Labute approximate surface area is 104 Å². The number of carbonyl (C=O) groups excluding carboxylic acids is 1. The summed E-state index contributed by atoms with van der Waals surface area (Å²) in [4.78, 5) is 11.9. The standard InChI is InChI=1S/C13H13N3O2/c17-13(14-10-8-18-9-10)12-6-7-16(15-12)11-4-2-1-3-5-11/h1-7,10H,8-9H2,(H,14,17). The summed E-state index contributed by atoms with van der Waals surface area (Å²) in [6.07, 6.45) is 1.78. The Balaban J connectivity index is 1.74. The zero-order valence-electron chi connectivity index (χ0n) is 9.74. The van der Waals surface area contributed by atoms with E-state index in [1.165, 1.54) is 0 Å². The zero-order valence-corrected chi connectivity index (χ0v) is 9.74. The van der Waals surface area contributed by atoms with Gasteiger partial charge in [0, 0.05) is 6.20 Å². The first kappa shape index (κ1) is 11.0. The van der Waals surface area contributed by atoms with Gasteiger partial charge >= 0.3 is 0 Å². The van der Waals surface area contributed by atoms with Gasteiger partial charge in [-0.2, -0.15) is 5.10 Å². The zero-order chi connectivity index (χ0) is 12.4. The highest BCUT2D eigenvalue weighted by molar-refractivity contribution is 5.92. The molecule has 0 aliphatic carbocycles. The second-order valence-corrected chi connectivity index (χ2v) is 4.19. The Bertz CT molecular complexity index is 546. The van der Waals surface area contributed by atoms with Gasteiger partial charge in [0.05, 0.1) is 24.9 Å². The lowest BCUT2D eigenvalue weighted by atomic mass is 10.2. The normalized spacial score (nSPS) is 15.1. The molecule has 1 amide bonds. The first-order valence-electron chi connectivity index (χ1n) is 5.82. The van der Waals surface area contributed by atoms with Crippen molar-refractivity contribution < 1.29 is 9.53 Å². The Morgan fingerprint density at radius 3 is 2.72 bits per heavy atom. The third kappa shape index (κ3) is 2.12. The molecule has 1 aliphatic rings. The highest BCUT2D eigenvalue weighted by Crippen LogP contribution is 2.07. The molecule has 0 bridgehead atoms. The molecule has 0 unspecified atom stereocenters. The van der Waals surface area contributed by atoms with E-state index in [0.29, 0.717) is 18.9 Å². The van der Waals surface area contributed by atoms with Gasteiger partial charge in [-0.1, -0.05) is 18.2 Å². The minimum Gasteiger partial charge on any atom is -0.377 e. The van der Waals surface area contributed by atoms with Crippen molar-refractivity contribution in [2.45, 2.75) is 6.04 Å². The molecule has 92 valence electrons. The maximum atomic E-state index is 11.9. The van der Waals surface area contributed by atoms with Crippen LogP contribution in [0.2, 0.25) is 0 Å². The van der Waals surface area contributed by atoms with E-state index in [4.69, 9.17) is 4.74 Å². The third-order valence-corrected chi connectivity index (χ3v) is 2.82. The fourth-order valence-electron chi connectivity index (χ4n) is 1.75. The molecule has 0 radical (unpaired) electrons. The minimum absolute atomic E-state index is 0.124. The number of carbonyl (C=O) groups is 1. The molecule has 1 N–H and O–H groups in total. The number of nitrogens with zero attached hydrogens (tertiary/aromatic N) is 2. The molecule has 1 aliphatic heterocycles. The minimum atomic E-state index is -0.155. The van der Waals surface area contributed by atoms with E-state index in [9.17, 15) is 4.79 Å². The second-order valence-electron chi connectivity index (χ2n) is 4.19. The van der Waals surface area contributed by atoms with Gasteiger partial charge in [0.1, 0.15) is 0 Å². The average Bonchev–Trinajstić information content (AvgIpc) is 2.84. The van der Waals surface area contributed by atoms with Crippen LogP contribution >= 0.6 is 0 Å². The number of rotatable bonds is 3. The van der Waals surface area contributed by atoms with Crippen molar-refractivity contribution in [2.24, 2.45) is 0 Å². The van der Waals surface area contributed by atoms with Gasteiger partial charge in [0.25, 0.3) is 5.91 Å². The summed E-state index contributed by atoms with van der Waals surface area (Å²) in [5, 5.41) is 7.11. The molecule has 5 nitrogen and oxygen atoms in total. The highest BCUT2D eigenvalue weighted by Gasteiger charge is 2.22. The molecule has 2 heterocycles. The highest BCUT2D eigenvalue weighted by atomic mass is 16.5. The summed E-state index contributed by atoms with van der Waals surface area (Å²) in [6.45, 7) is 1.18. The lowest BCUT2D eigenvalue weighted by molar-refractivity contribution is -0.00355. The summed E-state index contributed by atoms with van der Waals surface area (Å²) in [6, 6.07) is 11.5. The Morgan fingerprint density at radius 1 is 1.28 bits per heavy atom. The van der Waals surface area contributed by atoms with Crippen LogP contribution < -0.4 is 5.32 Å². The molecule has 0 spiro atoms. The number of para-hydroxylation sites is 1. The fourth-order valence-corrected chi connectivity index (χ4v) is 1.75. The predicted octanol–water partition coefficient (Wildman–Crippen LogP) is 1.00. The molecular formula is C13H13N3O2. The molecule has 1 fully saturated rings. The van der Waals surface area contributed by atoms with Crippen molar-refractivity contribution in [3.05, 3.63) is 48.3 Å².